The summed E-state index contributed by atoms with van der Waals surface area (Å²) in [5, 5.41) is 3.69. The molecule has 0 unspecified atom stereocenters. The van der Waals surface area contributed by atoms with Crippen molar-refractivity contribution in [1.82, 2.24) is 14.8 Å². The lowest BCUT2D eigenvalue weighted by molar-refractivity contribution is -0.123. The summed E-state index contributed by atoms with van der Waals surface area (Å²) in [5.41, 5.74) is 2.90. The zero-order valence-electron chi connectivity index (χ0n) is 16.4. The number of nitrogens with one attached hydrogen (secondary N) is 1. The van der Waals surface area contributed by atoms with Crippen LogP contribution in [-0.2, 0) is 11.3 Å². The third-order valence-electron chi connectivity index (χ3n) is 5.35. The number of halogens is 1. The highest BCUT2D eigenvalue weighted by Gasteiger charge is 2.33. The predicted molar refractivity (Wildman–Crippen MR) is 110 cm³/mol. The summed E-state index contributed by atoms with van der Waals surface area (Å²) in [6, 6.07) is 13.6. The van der Waals surface area contributed by atoms with E-state index in [4.69, 9.17) is 0 Å². The number of hydrogen-bond acceptors (Lipinski definition) is 2. The van der Waals surface area contributed by atoms with Crippen molar-refractivity contribution in [2.45, 2.75) is 32.9 Å². The van der Waals surface area contributed by atoms with Crippen LogP contribution in [0.1, 0.15) is 37.4 Å². The van der Waals surface area contributed by atoms with Gasteiger partial charge in [0.15, 0.2) is 0 Å². The molecule has 1 aromatic heterocycles. The summed E-state index contributed by atoms with van der Waals surface area (Å²) in [5.74, 6) is -0.746. The summed E-state index contributed by atoms with van der Waals surface area (Å²) >= 11 is 0. The second-order valence-corrected chi connectivity index (χ2v) is 7.27. The highest BCUT2D eigenvalue weighted by atomic mass is 19.1. The molecule has 1 N–H and O–H groups in total. The highest BCUT2D eigenvalue weighted by Crippen LogP contribution is 2.28. The standard InChI is InChI=1S/C23H22FN3O2/c1-3-15(2)26-14-17(19-6-4-5-7-21(19)26)12-20-22(28)27(23(29)25-20)13-16-8-10-18(24)11-9-16/h4-12,14-15H,3,13H2,1-2H3,(H,25,29)/b20-12+/t15-/m1/s1. The van der Waals surface area contributed by atoms with Crippen molar-refractivity contribution in [3.63, 3.8) is 0 Å². The predicted octanol–water partition coefficient (Wildman–Crippen LogP) is 4.84. The van der Waals surface area contributed by atoms with E-state index in [1.807, 2.05) is 24.4 Å². The molecular weight excluding hydrogens is 369 g/mol. The largest absolute Gasteiger partial charge is 0.344 e. The fourth-order valence-electron chi connectivity index (χ4n) is 3.55. The molecule has 1 fully saturated rings. The molecule has 2 aromatic carbocycles. The second-order valence-electron chi connectivity index (χ2n) is 7.27. The number of urea groups is 1. The highest BCUT2D eigenvalue weighted by molar-refractivity contribution is 6.14. The molecule has 0 saturated carbocycles. The van der Waals surface area contributed by atoms with Crippen molar-refractivity contribution in [3.05, 3.63) is 77.4 Å². The van der Waals surface area contributed by atoms with Gasteiger partial charge in [0.2, 0.25) is 0 Å². The Morgan fingerprint density at radius 3 is 2.55 bits per heavy atom. The van der Waals surface area contributed by atoms with Crippen LogP contribution in [0.4, 0.5) is 9.18 Å². The van der Waals surface area contributed by atoms with Crippen molar-refractivity contribution < 1.29 is 14.0 Å². The molecule has 3 aromatic rings. The fourth-order valence-corrected chi connectivity index (χ4v) is 3.55. The lowest BCUT2D eigenvalue weighted by Gasteiger charge is -2.12. The zero-order valence-corrected chi connectivity index (χ0v) is 16.4. The van der Waals surface area contributed by atoms with Gasteiger partial charge in [0.25, 0.3) is 5.91 Å². The van der Waals surface area contributed by atoms with Crippen LogP contribution in [0.25, 0.3) is 17.0 Å². The first-order chi connectivity index (χ1) is 14.0. The first kappa shape index (κ1) is 18.9. The van der Waals surface area contributed by atoms with Crippen molar-refractivity contribution in [1.29, 1.82) is 0 Å². The molecule has 148 valence electrons. The van der Waals surface area contributed by atoms with Gasteiger partial charge in [-0.05, 0) is 43.2 Å². The van der Waals surface area contributed by atoms with Gasteiger partial charge >= 0.3 is 6.03 Å². The Morgan fingerprint density at radius 1 is 1.10 bits per heavy atom. The molecule has 4 rings (SSSR count). The molecule has 0 radical (unpaired) electrons. The number of amides is 3. The topological polar surface area (TPSA) is 54.3 Å². The molecule has 3 amide bonds. The Labute approximate surface area is 168 Å². The molecule has 0 spiro atoms. The number of para-hydroxylation sites is 1. The fraction of sp³-hybridized carbons (Fsp3) is 0.217. The van der Waals surface area contributed by atoms with Crippen LogP contribution >= 0.6 is 0 Å². The number of nitrogens with zero attached hydrogens (tertiary/aromatic N) is 2. The van der Waals surface area contributed by atoms with Gasteiger partial charge < -0.3 is 9.88 Å². The number of aromatic nitrogens is 1. The SMILES string of the molecule is CC[C@@H](C)n1cc(/C=C2/NC(=O)N(Cc3ccc(F)cc3)C2=O)c2ccccc21. The number of benzene rings is 2. The Kier molecular flexibility index (Phi) is 4.92. The number of carbonyl (C=O) groups excluding carboxylic acids is 2. The van der Waals surface area contributed by atoms with E-state index in [1.54, 1.807) is 18.2 Å². The minimum absolute atomic E-state index is 0.0942. The van der Waals surface area contributed by atoms with Gasteiger partial charge in [-0.25, -0.2) is 9.18 Å². The smallest absolute Gasteiger partial charge is 0.329 e. The third kappa shape index (κ3) is 3.53. The average molecular weight is 391 g/mol. The quantitative estimate of drug-likeness (QED) is 0.500. The second kappa shape index (κ2) is 7.54. The molecule has 0 aliphatic carbocycles. The van der Waals surface area contributed by atoms with E-state index in [1.165, 1.54) is 12.1 Å². The van der Waals surface area contributed by atoms with Crippen molar-refractivity contribution in [2.24, 2.45) is 0 Å². The van der Waals surface area contributed by atoms with Gasteiger partial charge in [0.05, 0.1) is 6.54 Å². The van der Waals surface area contributed by atoms with E-state index >= 15 is 0 Å². The monoisotopic (exact) mass is 391 g/mol. The molecule has 5 nitrogen and oxygen atoms in total. The van der Waals surface area contributed by atoms with E-state index in [0.717, 1.165) is 27.8 Å². The van der Waals surface area contributed by atoms with Crippen LogP contribution in [0.5, 0.6) is 0 Å². The van der Waals surface area contributed by atoms with Crippen molar-refractivity contribution in [3.8, 4) is 0 Å². The summed E-state index contributed by atoms with van der Waals surface area (Å²) < 4.78 is 15.3. The van der Waals surface area contributed by atoms with E-state index in [9.17, 15) is 14.0 Å². The number of fused-ring (bicyclic) bond motifs is 1. The van der Waals surface area contributed by atoms with E-state index in [2.05, 4.69) is 29.8 Å². The van der Waals surface area contributed by atoms with E-state index in [-0.39, 0.29) is 24.0 Å². The van der Waals surface area contributed by atoms with E-state index in [0.29, 0.717) is 11.6 Å². The summed E-state index contributed by atoms with van der Waals surface area (Å²) in [4.78, 5) is 26.3. The van der Waals surface area contributed by atoms with E-state index < -0.39 is 6.03 Å². The summed E-state index contributed by atoms with van der Waals surface area (Å²) in [7, 11) is 0. The van der Waals surface area contributed by atoms with Crippen LogP contribution < -0.4 is 5.32 Å². The molecule has 1 aliphatic rings. The molecule has 2 heterocycles. The lowest BCUT2D eigenvalue weighted by Crippen LogP contribution is -2.30. The number of imide groups is 1. The average Bonchev–Trinajstić information content (AvgIpc) is 3.22. The third-order valence-corrected chi connectivity index (χ3v) is 5.35. The van der Waals surface area contributed by atoms with Gasteiger partial charge in [-0.15, -0.1) is 0 Å². The zero-order chi connectivity index (χ0) is 20.5. The Hall–Kier alpha value is -3.41. The number of carbonyl (C=O) groups is 2. The first-order valence-corrected chi connectivity index (χ1v) is 9.66. The molecule has 1 saturated heterocycles. The van der Waals surface area contributed by atoms with Crippen LogP contribution in [0.15, 0.2) is 60.4 Å². The maximum absolute atomic E-state index is 13.1. The van der Waals surface area contributed by atoms with Crippen LogP contribution in [0, 0.1) is 5.82 Å². The molecule has 1 atom stereocenters. The Morgan fingerprint density at radius 2 is 1.83 bits per heavy atom. The normalized spacial score (nSPS) is 16.7. The van der Waals surface area contributed by atoms with Gasteiger partial charge in [-0.2, -0.15) is 0 Å². The minimum Gasteiger partial charge on any atom is -0.344 e. The summed E-state index contributed by atoms with van der Waals surface area (Å²) in [6.07, 6.45) is 4.73. The van der Waals surface area contributed by atoms with Crippen LogP contribution in [0.2, 0.25) is 0 Å². The first-order valence-electron chi connectivity index (χ1n) is 9.66. The maximum atomic E-state index is 13.1. The minimum atomic E-state index is -0.476. The van der Waals surface area contributed by atoms with Gasteiger partial charge in [0, 0.05) is 28.7 Å². The van der Waals surface area contributed by atoms with Gasteiger partial charge in [-0.1, -0.05) is 37.3 Å². The van der Waals surface area contributed by atoms with Crippen molar-refractivity contribution in [2.75, 3.05) is 0 Å². The number of hydrogen-bond donors (Lipinski definition) is 1. The van der Waals surface area contributed by atoms with Gasteiger partial charge in [0.1, 0.15) is 11.5 Å². The molecule has 0 bridgehead atoms. The molecule has 29 heavy (non-hydrogen) atoms. The van der Waals surface area contributed by atoms with Crippen LogP contribution in [-0.4, -0.2) is 21.4 Å². The molecule has 6 heteroatoms. The van der Waals surface area contributed by atoms with Crippen molar-refractivity contribution >= 4 is 28.9 Å². The molecular formula is C23H22FN3O2. The van der Waals surface area contributed by atoms with Gasteiger partial charge in [-0.3, -0.25) is 9.69 Å². The number of rotatable bonds is 5. The maximum Gasteiger partial charge on any atom is 0.329 e. The Balaban J connectivity index is 1.66. The Bertz CT molecular complexity index is 1110. The summed E-state index contributed by atoms with van der Waals surface area (Å²) in [6.45, 7) is 4.37. The van der Waals surface area contributed by atoms with Crippen LogP contribution in [0.3, 0.4) is 0 Å². The lowest BCUT2D eigenvalue weighted by atomic mass is 10.1. The molecule has 1 aliphatic heterocycles.